The van der Waals surface area contributed by atoms with Crippen LogP contribution in [0.1, 0.15) is 15.2 Å². The Morgan fingerprint density at radius 2 is 2.17 bits per heavy atom. The van der Waals surface area contributed by atoms with Crippen molar-refractivity contribution in [3.05, 3.63) is 55.6 Å². The molecule has 0 saturated carbocycles. The fourth-order valence-corrected chi connectivity index (χ4v) is 3.56. The minimum Gasteiger partial charge on any atom is -0.319 e. The predicted molar refractivity (Wildman–Crippen MR) is 91.7 cm³/mol. The largest absolute Gasteiger partial charge is 0.319 e. The first-order valence-electron chi connectivity index (χ1n) is 6.59. The standard InChI is InChI=1S/C15H11BrFN3O2S/c1-7-11-14(18-6-20(2)15(11)22)23-12(7)13(21)19-10-4-3-8(16)5-9(10)17/h3-6H,1-2H3,(H,19,21). The van der Waals surface area contributed by atoms with Gasteiger partial charge in [0.2, 0.25) is 0 Å². The highest BCUT2D eigenvalue weighted by Gasteiger charge is 2.20. The second kappa shape index (κ2) is 5.86. The summed E-state index contributed by atoms with van der Waals surface area (Å²) in [6.07, 6.45) is 1.41. The Morgan fingerprint density at radius 1 is 1.43 bits per heavy atom. The van der Waals surface area contributed by atoms with E-state index in [1.165, 1.54) is 23.0 Å². The Balaban J connectivity index is 2.03. The first-order chi connectivity index (χ1) is 10.9. The average Bonchev–Trinajstić information content (AvgIpc) is 2.84. The number of thiophene rings is 1. The van der Waals surface area contributed by atoms with E-state index in [0.29, 0.717) is 25.1 Å². The van der Waals surface area contributed by atoms with Gasteiger partial charge in [0.1, 0.15) is 10.6 Å². The van der Waals surface area contributed by atoms with Gasteiger partial charge in [0.25, 0.3) is 11.5 Å². The molecule has 1 N–H and O–H groups in total. The molecule has 1 aromatic carbocycles. The molecular formula is C15H11BrFN3O2S. The van der Waals surface area contributed by atoms with Gasteiger partial charge in [-0.15, -0.1) is 11.3 Å². The number of rotatable bonds is 2. The van der Waals surface area contributed by atoms with E-state index in [1.807, 2.05) is 0 Å². The second-order valence-corrected chi connectivity index (χ2v) is 6.89. The Kier molecular flexibility index (Phi) is 4.03. The van der Waals surface area contributed by atoms with Crippen LogP contribution in [-0.4, -0.2) is 15.5 Å². The summed E-state index contributed by atoms with van der Waals surface area (Å²) in [7, 11) is 1.60. The number of halogens is 2. The number of hydrogen-bond acceptors (Lipinski definition) is 4. The number of aromatic nitrogens is 2. The SMILES string of the molecule is Cc1c(C(=O)Nc2ccc(Br)cc2F)sc2ncn(C)c(=O)c12. The predicted octanol–water partition coefficient (Wildman–Crippen LogP) is 3.46. The lowest BCUT2D eigenvalue weighted by Crippen LogP contribution is -2.17. The summed E-state index contributed by atoms with van der Waals surface area (Å²) in [5, 5.41) is 2.95. The lowest BCUT2D eigenvalue weighted by Gasteiger charge is -2.06. The molecular weight excluding hydrogens is 385 g/mol. The van der Waals surface area contributed by atoms with Gasteiger partial charge in [-0.1, -0.05) is 15.9 Å². The topological polar surface area (TPSA) is 64.0 Å². The van der Waals surface area contributed by atoms with Crippen molar-refractivity contribution in [3.63, 3.8) is 0 Å². The normalized spacial score (nSPS) is 11.0. The van der Waals surface area contributed by atoms with Gasteiger partial charge in [0, 0.05) is 11.5 Å². The second-order valence-electron chi connectivity index (χ2n) is 4.98. The molecule has 0 bridgehead atoms. The highest BCUT2D eigenvalue weighted by molar-refractivity contribution is 9.10. The summed E-state index contributed by atoms with van der Waals surface area (Å²) in [4.78, 5) is 29.6. The number of benzene rings is 1. The van der Waals surface area contributed by atoms with Crippen LogP contribution in [0.4, 0.5) is 10.1 Å². The quantitative estimate of drug-likeness (QED) is 0.722. The van der Waals surface area contributed by atoms with E-state index in [9.17, 15) is 14.0 Å². The fourth-order valence-electron chi connectivity index (χ4n) is 2.20. The Bertz CT molecular complexity index is 996. The molecule has 3 rings (SSSR count). The van der Waals surface area contributed by atoms with Crippen LogP contribution in [0.2, 0.25) is 0 Å². The molecule has 0 aliphatic carbocycles. The van der Waals surface area contributed by atoms with Crippen LogP contribution in [-0.2, 0) is 7.05 Å². The van der Waals surface area contributed by atoms with Crippen molar-refractivity contribution in [2.75, 3.05) is 5.32 Å². The molecule has 3 aromatic rings. The molecule has 0 radical (unpaired) electrons. The molecule has 5 nitrogen and oxygen atoms in total. The van der Waals surface area contributed by atoms with Crippen molar-refractivity contribution >= 4 is 49.1 Å². The van der Waals surface area contributed by atoms with E-state index < -0.39 is 11.7 Å². The number of amides is 1. The lowest BCUT2D eigenvalue weighted by atomic mass is 10.2. The monoisotopic (exact) mass is 395 g/mol. The van der Waals surface area contributed by atoms with Crippen LogP contribution < -0.4 is 10.9 Å². The third-order valence-corrected chi connectivity index (χ3v) is 5.09. The van der Waals surface area contributed by atoms with Crippen LogP contribution in [0.15, 0.2) is 33.8 Å². The summed E-state index contributed by atoms with van der Waals surface area (Å²) in [5.74, 6) is -1.01. The number of anilines is 1. The zero-order valence-corrected chi connectivity index (χ0v) is 14.6. The fraction of sp³-hybridized carbons (Fsp3) is 0.133. The van der Waals surface area contributed by atoms with E-state index >= 15 is 0 Å². The van der Waals surface area contributed by atoms with Crippen molar-refractivity contribution < 1.29 is 9.18 Å². The average molecular weight is 396 g/mol. The first-order valence-corrected chi connectivity index (χ1v) is 8.20. The molecule has 0 spiro atoms. The molecule has 0 saturated heterocycles. The van der Waals surface area contributed by atoms with Gasteiger partial charge in [-0.3, -0.25) is 9.59 Å². The van der Waals surface area contributed by atoms with Crippen LogP contribution >= 0.6 is 27.3 Å². The Hall–Kier alpha value is -2.06. The molecule has 2 heterocycles. The summed E-state index contributed by atoms with van der Waals surface area (Å²) >= 11 is 4.28. The van der Waals surface area contributed by atoms with Gasteiger partial charge >= 0.3 is 0 Å². The summed E-state index contributed by atoms with van der Waals surface area (Å²) < 4.78 is 15.8. The lowest BCUT2D eigenvalue weighted by molar-refractivity contribution is 0.102. The van der Waals surface area contributed by atoms with Crippen molar-refractivity contribution in [2.45, 2.75) is 6.92 Å². The maximum absolute atomic E-state index is 13.8. The van der Waals surface area contributed by atoms with Crippen molar-refractivity contribution in [3.8, 4) is 0 Å². The summed E-state index contributed by atoms with van der Waals surface area (Å²) in [5.41, 5.74) is 0.419. The van der Waals surface area contributed by atoms with E-state index in [2.05, 4.69) is 26.2 Å². The van der Waals surface area contributed by atoms with Gasteiger partial charge in [-0.25, -0.2) is 9.37 Å². The van der Waals surface area contributed by atoms with Crippen molar-refractivity contribution in [1.82, 2.24) is 9.55 Å². The number of aryl methyl sites for hydroxylation is 2. The maximum atomic E-state index is 13.8. The van der Waals surface area contributed by atoms with Crippen molar-refractivity contribution in [2.24, 2.45) is 7.05 Å². The molecule has 1 amide bonds. The molecule has 0 aliphatic heterocycles. The highest BCUT2D eigenvalue weighted by Crippen LogP contribution is 2.28. The van der Waals surface area contributed by atoms with E-state index in [-0.39, 0.29) is 11.2 Å². The van der Waals surface area contributed by atoms with Crippen LogP contribution in [0, 0.1) is 12.7 Å². The number of nitrogens with one attached hydrogen (secondary N) is 1. The van der Waals surface area contributed by atoms with Gasteiger partial charge in [-0.2, -0.15) is 0 Å². The van der Waals surface area contributed by atoms with E-state index in [1.54, 1.807) is 20.0 Å². The van der Waals surface area contributed by atoms with Crippen LogP contribution in [0.5, 0.6) is 0 Å². The van der Waals surface area contributed by atoms with Gasteiger partial charge in [-0.05, 0) is 30.7 Å². The van der Waals surface area contributed by atoms with Crippen molar-refractivity contribution in [1.29, 1.82) is 0 Å². The molecule has 2 aromatic heterocycles. The van der Waals surface area contributed by atoms with Crippen LogP contribution in [0.3, 0.4) is 0 Å². The third-order valence-electron chi connectivity index (χ3n) is 3.40. The number of fused-ring (bicyclic) bond motifs is 1. The first kappa shape index (κ1) is 15.8. The Morgan fingerprint density at radius 3 is 2.87 bits per heavy atom. The van der Waals surface area contributed by atoms with E-state index in [0.717, 1.165) is 11.3 Å². The maximum Gasteiger partial charge on any atom is 0.266 e. The van der Waals surface area contributed by atoms with Gasteiger partial charge in [0.15, 0.2) is 0 Å². The minimum absolute atomic E-state index is 0.0796. The Labute approximate surface area is 142 Å². The van der Waals surface area contributed by atoms with Crippen LogP contribution in [0.25, 0.3) is 10.2 Å². The summed E-state index contributed by atoms with van der Waals surface area (Å²) in [6.45, 7) is 1.69. The van der Waals surface area contributed by atoms with Gasteiger partial charge < -0.3 is 9.88 Å². The smallest absolute Gasteiger partial charge is 0.266 e. The molecule has 0 aliphatic rings. The van der Waals surface area contributed by atoms with E-state index in [4.69, 9.17) is 0 Å². The molecule has 23 heavy (non-hydrogen) atoms. The molecule has 0 atom stereocenters. The molecule has 0 unspecified atom stereocenters. The number of carbonyl (C=O) groups is 1. The highest BCUT2D eigenvalue weighted by atomic mass is 79.9. The zero-order chi connectivity index (χ0) is 16.7. The number of nitrogens with zero attached hydrogens (tertiary/aromatic N) is 2. The van der Waals surface area contributed by atoms with Gasteiger partial charge in [0.05, 0.1) is 22.3 Å². The molecule has 118 valence electrons. The number of carbonyl (C=O) groups excluding carboxylic acids is 1. The third kappa shape index (κ3) is 2.79. The minimum atomic E-state index is -0.541. The molecule has 8 heteroatoms. The number of hydrogen-bond donors (Lipinski definition) is 1. The summed E-state index contributed by atoms with van der Waals surface area (Å²) in [6, 6.07) is 4.37. The zero-order valence-electron chi connectivity index (χ0n) is 12.2. The molecule has 0 fully saturated rings.